The third-order valence-electron chi connectivity index (χ3n) is 7.75. The third kappa shape index (κ3) is 1.96. The molecule has 0 heterocycles. The highest BCUT2D eigenvalue weighted by molar-refractivity contribution is 14.1. The van der Waals surface area contributed by atoms with Crippen LogP contribution in [0.2, 0.25) is 0 Å². The molecule has 1 nitrogen and oxygen atoms in total. The smallest absolute Gasteiger partial charge is 0.139 e. The Kier molecular flexibility index (Phi) is 3.37. The largest absolute Gasteiger partial charge is 0.299 e. The maximum Gasteiger partial charge on any atom is 0.139 e. The first-order valence-corrected chi connectivity index (χ1v) is 10.1. The molecule has 0 amide bonds. The lowest BCUT2D eigenvalue weighted by Gasteiger charge is -2.56. The van der Waals surface area contributed by atoms with Crippen LogP contribution in [0.25, 0.3) is 0 Å². The molecule has 0 bridgehead atoms. The van der Waals surface area contributed by atoms with Crippen molar-refractivity contribution in [1.82, 2.24) is 0 Å². The van der Waals surface area contributed by atoms with E-state index in [9.17, 15) is 4.79 Å². The summed E-state index contributed by atoms with van der Waals surface area (Å²) >= 11 is 2.64. The number of ketones is 1. The van der Waals surface area contributed by atoms with Gasteiger partial charge in [-0.15, -0.1) is 0 Å². The highest BCUT2D eigenvalue weighted by atomic mass is 127. The van der Waals surface area contributed by atoms with Crippen LogP contribution in [0.1, 0.15) is 65.2 Å². The molecule has 0 aromatic carbocycles. The molecular weight excluding hydrogens is 371 g/mol. The fourth-order valence-electron chi connectivity index (χ4n) is 6.39. The Morgan fingerprint density at radius 2 is 1.81 bits per heavy atom. The minimum Gasteiger partial charge on any atom is -0.299 e. The molecule has 0 radical (unpaired) electrons. The summed E-state index contributed by atoms with van der Waals surface area (Å²) in [6.07, 6.45) is 12.4. The Morgan fingerprint density at radius 3 is 2.62 bits per heavy atom. The van der Waals surface area contributed by atoms with Gasteiger partial charge in [-0.2, -0.15) is 0 Å². The first-order valence-electron chi connectivity index (χ1n) is 8.82. The van der Waals surface area contributed by atoms with Gasteiger partial charge in [0, 0.05) is 15.8 Å². The number of fused-ring (bicyclic) bond motifs is 5. The summed E-state index contributed by atoms with van der Waals surface area (Å²) in [5, 5.41) is 0. The van der Waals surface area contributed by atoms with Crippen molar-refractivity contribution in [2.75, 3.05) is 0 Å². The topological polar surface area (TPSA) is 17.1 Å². The van der Waals surface area contributed by atoms with Gasteiger partial charge < -0.3 is 0 Å². The van der Waals surface area contributed by atoms with E-state index < -0.39 is 0 Å². The zero-order valence-electron chi connectivity index (χ0n) is 13.3. The van der Waals surface area contributed by atoms with Crippen molar-refractivity contribution >= 4 is 28.4 Å². The summed E-state index contributed by atoms with van der Waals surface area (Å²) in [7, 11) is 0. The number of alkyl halides is 1. The number of carbonyl (C=O) groups excluding carboxylic acids is 1. The van der Waals surface area contributed by atoms with Crippen molar-refractivity contribution < 1.29 is 4.79 Å². The number of rotatable bonds is 0. The standard InChI is InChI=1S/C19H27IO/c1-18-9-7-13(20)11-12(18)3-4-14-15-5-6-17(21)19(15,2)10-8-16(14)18/h3,13-16H,4-11H2,1-2H3/t13?,14-,15-,16-,18-,19-/m0/s1. The van der Waals surface area contributed by atoms with E-state index in [1.165, 1.54) is 38.5 Å². The SMILES string of the molecule is C[C@]12CCC(I)CC1=CC[C@@H]1[C@@H]2CC[C@]2(C)C(=O)CC[C@@H]12. The molecule has 116 valence electrons. The Morgan fingerprint density at radius 1 is 1.10 bits per heavy atom. The van der Waals surface area contributed by atoms with Crippen LogP contribution in [0, 0.1) is 28.6 Å². The monoisotopic (exact) mass is 398 g/mol. The Labute approximate surface area is 142 Å². The van der Waals surface area contributed by atoms with Crippen molar-refractivity contribution in [3.63, 3.8) is 0 Å². The minimum absolute atomic E-state index is 0.0311. The van der Waals surface area contributed by atoms with Gasteiger partial charge >= 0.3 is 0 Å². The number of halogens is 1. The highest BCUT2D eigenvalue weighted by Crippen LogP contribution is 2.64. The number of hydrogen-bond donors (Lipinski definition) is 0. The summed E-state index contributed by atoms with van der Waals surface area (Å²) in [6, 6.07) is 0. The minimum atomic E-state index is 0.0311. The van der Waals surface area contributed by atoms with Crippen LogP contribution >= 0.6 is 22.6 Å². The van der Waals surface area contributed by atoms with Crippen molar-refractivity contribution in [1.29, 1.82) is 0 Å². The third-order valence-corrected chi connectivity index (χ3v) is 8.82. The summed E-state index contributed by atoms with van der Waals surface area (Å²) in [4.78, 5) is 12.4. The van der Waals surface area contributed by atoms with Gasteiger partial charge in [-0.3, -0.25) is 4.79 Å². The number of Topliss-reactive ketones (excluding diaryl/α,β-unsaturated/α-hetero) is 1. The number of allylic oxidation sites excluding steroid dienone is 2. The normalized spacial score (nSPS) is 52.7. The predicted molar refractivity (Wildman–Crippen MR) is 94.5 cm³/mol. The van der Waals surface area contributed by atoms with E-state index in [0.717, 1.165) is 28.6 Å². The molecule has 0 saturated heterocycles. The van der Waals surface area contributed by atoms with Crippen LogP contribution in [0.4, 0.5) is 0 Å². The molecule has 3 saturated carbocycles. The van der Waals surface area contributed by atoms with E-state index in [4.69, 9.17) is 0 Å². The molecular formula is C19H27IO. The second-order valence-electron chi connectivity index (χ2n) is 8.52. The molecule has 6 atom stereocenters. The lowest BCUT2D eigenvalue weighted by Crippen LogP contribution is -2.50. The lowest BCUT2D eigenvalue weighted by atomic mass is 9.48. The van der Waals surface area contributed by atoms with Crippen molar-refractivity contribution in [3.05, 3.63) is 11.6 Å². The average molecular weight is 398 g/mol. The van der Waals surface area contributed by atoms with Crippen molar-refractivity contribution in [2.45, 2.75) is 69.1 Å². The lowest BCUT2D eigenvalue weighted by molar-refractivity contribution is -0.131. The van der Waals surface area contributed by atoms with E-state index in [1.54, 1.807) is 5.57 Å². The van der Waals surface area contributed by atoms with Crippen LogP contribution in [0.5, 0.6) is 0 Å². The van der Waals surface area contributed by atoms with Gasteiger partial charge in [-0.1, -0.05) is 48.1 Å². The van der Waals surface area contributed by atoms with Gasteiger partial charge in [-0.25, -0.2) is 0 Å². The van der Waals surface area contributed by atoms with Gasteiger partial charge in [0.25, 0.3) is 0 Å². The molecule has 2 heteroatoms. The molecule has 3 fully saturated rings. The maximum atomic E-state index is 12.4. The van der Waals surface area contributed by atoms with Crippen LogP contribution in [0.3, 0.4) is 0 Å². The first-order chi connectivity index (χ1) is 9.95. The Balaban J connectivity index is 1.69. The van der Waals surface area contributed by atoms with Gasteiger partial charge in [0.1, 0.15) is 5.78 Å². The van der Waals surface area contributed by atoms with E-state index >= 15 is 0 Å². The first kappa shape index (κ1) is 14.7. The zero-order valence-corrected chi connectivity index (χ0v) is 15.5. The van der Waals surface area contributed by atoms with Gasteiger partial charge in [0.15, 0.2) is 0 Å². The van der Waals surface area contributed by atoms with Crippen LogP contribution in [0.15, 0.2) is 11.6 Å². The number of carbonyl (C=O) groups is 1. The molecule has 1 unspecified atom stereocenters. The van der Waals surface area contributed by atoms with Crippen molar-refractivity contribution in [2.24, 2.45) is 28.6 Å². The predicted octanol–water partition coefficient (Wildman–Crippen LogP) is 5.32. The molecule has 0 spiro atoms. The maximum absolute atomic E-state index is 12.4. The second-order valence-corrected chi connectivity index (χ2v) is 10.3. The van der Waals surface area contributed by atoms with Crippen LogP contribution < -0.4 is 0 Å². The fourth-order valence-corrected chi connectivity index (χ4v) is 7.17. The molecule has 21 heavy (non-hydrogen) atoms. The zero-order chi connectivity index (χ0) is 14.8. The Hall–Kier alpha value is 0.140. The van der Waals surface area contributed by atoms with Gasteiger partial charge in [-0.05, 0) is 68.1 Å². The quantitative estimate of drug-likeness (QED) is 0.307. The van der Waals surface area contributed by atoms with Crippen LogP contribution in [-0.2, 0) is 4.79 Å². The molecule has 0 aromatic heterocycles. The second kappa shape index (κ2) is 4.82. The Bertz CT molecular complexity index is 510. The summed E-state index contributed by atoms with van der Waals surface area (Å²) in [6.45, 7) is 4.84. The highest BCUT2D eigenvalue weighted by Gasteiger charge is 2.58. The molecule has 0 aromatic rings. The molecule has 0 aliphatic heterocycles. The summed E-state index contributed by atoms with van der Waals surface area (Å²) in [5.41, 5.74) is 2.25. The number of hydrogen-bond acceptors (Lipinski definition) is 1. The van der Waals surface area contributed by atoms with Gasteiger partial charge in [0.2, 0.25) is 0 Å². The van der Waals surface area contributed by atoms with Crippen molar-refractivity contribution in [3.8, 4) is 0 Å². The van der Waals surface area contributed by atoms with E-state index in [-0.39, 0.29) is 5.41 Å². The van der Waals surface area contributed by atoms with Gasteiger partial charge in [0.05, 0.1) is 0 Å². The average Bonchev–Trinajstić information content (AvgIpc) is 2.76. The molecule has 4 rings (SSSR count). The van der Waals surface area contributed by atoms with Crippen LogP contribution in [-0.4, -0.2) is 9.71 Å². The fraction of sp³-hybridized carbons (Fsp3) is 0.842. The van der Waals surface area contributed by atoms with E-state index in [2.05, 4.69) is 42.5 Å². The summed E-state index contributed by atoms with van der Waals surface area (Å²) < 4.78 is 0.848. The van der Waals surface area contributed by atoms with E-state index in [1.807, 2.05) is 0 Å². The summed E-state index contributed by atoms with van der Waals surface area (Å²) in [5.74, 6) is 2.89. The van der Waals surface area contributed by atoms with E-state index in [0.29, 0.717) is 17.1 Å². The molecule has 4 aliphatic rings. The molecule has 0 N–H and O–H groups in total. The molecule has 4 aliphatic carbocycles.